The van der Waals surface area contributed by atoms with E-state index in [0.29, 0.717) is 12.4 Å². The second-order valence-electron chi connectivity index (χ2n) is 7.99. The Morgan fingerprint density at radius 3 is 2.81 bits per heavy atom. The number of carbonyl (C=O) groups is 1. The molecule has 7 heteroatoms. The van der Waals surface area contributed by atoms with Crippen LogP contribution in [0.15, 0.2) is 53.7 Å². The van der Waals surface area contributed by atoms with Gasteiger partial charge < -0.3 is 9.30 Å². The first kappa shape index (κ1) is 20.8. The van der Waals surface area contributed by atoms with Gasteiger partial charge in [-0.25, -0.2) is 0 Å². The fourth-order valence-corrected chi connectivity index (χ4v) is 5.32. The molecule has 0 saturated heterocycles. The normalized spacial score (nSPS) is 13.3. The molecule has 0 atom stereocenters. The number of para-hydroxylation sites is 1. The van der Waals surface area contributed by atoms with E-state index in [1.165, 1.54) is 34.8 Å². The van der Waals surface area contributed by atoms with Crippen LogP contribution in [0.5, 0.6) is 5.75 Å². The first-order valence-corrected chi connectivity index (χ1v) is 12.1. The largest absolute Gasteiger partial charge is 0.494 e. The number of thioether (sulfide) groups is 1. The summed E-state index contributed by atoms with van der Waals surface area (Å²) in [4.78, 5) is 13.3. The maximum Gasteiger partial charge on any atom is 0.241 e. The van der Waals surface area contributed by atoms with Crippen molar-refractivity contribution in [2.45, 2.75) is 37.8 Å². The number of aryl methyl sites for hydroxylation is 1. The lowest BCUT2D eigenvalue weighted by atomic mass is 9.96. The van der Waals surface area contributed by atoms with Crippen LogP contribution < -0.4 is 4.74 Å². The molecule has 2 aromatic carbocycles. The van der Waals surface area contributed by atoms with Crippen LogP contribution in [0.1, 0.15) is 35.8 Å². The predicted molar refractivity (Wildman–Crippen MR) is 128 cm³/mol. The Bertz CT molecular complexity index is 1290. The molecule has 0 N–H and O–H groups in total. The highest BCUT2D eigenvalue weighted by Crippen LogP contribution is 2.33. The van der Waals surface area contributed by atoms with Gasteiger partial charge in [-0.05, 0) is 56.4 Å². The molecule has 164 valence electrons. The van der Waals surface area contributed by atoms with Crippen molar-refractivity contribution in [2.24, 2.45) is 7.05 Å². The zero-order valence-corrected chi connectivity index (χ0v) is 19.2. The molecule has 0 aliphatic heterocycles. The van der Waals surface area contributed by atoms with Gasteiger partial charge in [0.1, 0.15) is 5.75 Å². The number of hydrogen-bond donors (Lipinski definition) is 0. The Morgan fingerprint density at radius 1 is 1.09 bits per heavy atom. The molecule has 1 aliphatic rings. The van der Waals surface area contributed by atoms with E-state index >= 15 is 0 Å². The van der Waals surface area contributed by atoms with E-state index in [-0.39, 0.29) is 5.91 Å². The van der Waals surface area contributed by atoms with Crippen molar-refractivity contribution in [3.05, 3.63) is 59.8 Å². The predicted octanol–water partition coefficient (Wildman–Crippen LogP) is 5.15. The minimum absolute atomic E-state index is 0.0947. The molecule has 1 aliphatic carbocycles. The van der Waals surface area contributed by atoms with Crippen LogP contribution in [0.4, 0.5) is 0 Å². The molecular weight excluding hydrogens is 420 g/mol. The van der Waals surface area contributed by atoms with Crippen LogP contribution in [0, 0.1) is 0 Å². The lowest BCUT2D eigenvalue weighted by molar-refractivity contribution is 0.0943. The fraction of sp³-hybridized carbons (Fsp3) is 0.320. The zero-order chi connectivity index (χ0) is 22.1. The average molecular weight is 447 g/mol. The average Bonchev–Trinajstić information content (AvgIpc) is 3.36. The molecule has 2 aromatic heterocycles. The van der Waals surface area contributed by atoms with Crippen molar-refractivity contribution in [3.63, 3.8) is 0 Å². The highest BCUT2D eigenvalue weighted by molar-refractivity contribution is 7.99. The van der Waals surface area contributed by atoms with E-state index in [4.69, 9.17) is 4.74 Å². The molecule has 0 spiro atoms. The molecule has 2 heterocycles. The van der Waals surface area contributed by atoms with Gasteiger partial charge in [-0.2, -0.15) is 0 Å². The molecule has 0 saturated carbocycles. The van der Waals surface area contributed by atoms with Crippen molar-refractivity contribution in [1.29, 1.82) is 0 Å². The summed E-state index contributed by atoms with van der Waals surface area (Å²) in [5.74, 6) is 1.97. The van der Waals surface area contributed by atoms with Crippen LogP contribution in [0.3, 0.4) is 0 Å². The number of nitrogens with zero attached hydrogens (tertiary/aromatic N) is 4. The second kappa shape index (κ2) is 8.82. The van der Waals surface area contributed by atoms with E-state index in [9.17, 15) is 4.79 Å². The third kappa shape index (κ3) is 3.71. The molecule has 0 unspecified atom stereocenters. The molecule has 0 amide bonds. The first-order valence-electron chi connectivity index (χ1n) is 11.1. The Hall–Kier alpha value is -3.06. The summed E-state index contributed by atoms with van der Waals surface area (Å²) < 4.78 is 9.49. The maximum atomic E-state index is 13.3. The van der Waals surface area contributed by atoms with Crippen molar-refractivity contribution < 1.29 is 9.53 Å². The van der Waals surface area contributed by atoms with Crippen LogP contribution in [0.25, 0.3) is 22.3 Å². The summed E-state index contributed by atoms with van der Waals surface area (Å²) in [7, 11) is 1.93. The number of aromatic nitrogens is 4. The molecular formula is C25H26N4O2S. The minimum Gasteiger partial charge on any atom is -0.494 e. The van der Waals surface area contributed by atoms with Gasteiger partial charge in [0.2, 0.25) is 5.91 Å². The monoisotopic (exact) mass is 446 g/mol. The van der Waals surface area contributed by atoms with Gasteiger partial charge in [-0.1, -0.05) is 42.1 Å². The summed E-state index contributed by atoms with van der Waals surface area (Å²) in [6.07, 6.45) is 4.34. The molecule has 5 rings (SSSR count). The van der Waals surface area contributed by atoms with Crippen molar-refractivity contribution in [2.75, 3.05) is 12.4 Å². The second-order valence-corrected chi connectivity index (χ2v) is 8.94. The van der Waals surface area contributed by atoms with Crippen molar-refractivity contribution in [3.8, 4) is 17.1 Å². The molecule has 6 nitrogen and oxygen atoms in total. The molecule has 0 bridgehead atoms. The zero-order valence-electron chi connectivity index (χ0n) is 18.4. The van der Waals surface area contributed by atoms with Gasteiger partial charge in [-0.3, -0.25) is 9.36 Å². The van der Waals surface area contributed by atoms with Gasteiger partial charge in [0, 0.05) is 23.7 Å². The van der Waals surface area contributed by atoms with E-state index in [1.807, 2.05) is 53.4 Å². The first-order chi connectivity index (χ1) is 15.7. The number of ether oxygens (including phenoxy) is 1. The quantitative estimate of drug-likeness (QED) is 0.384. The highest BCUT2D eigenvalue weighted by atomic mass is 32.2. The standard InChI is InChI=1S/C25H26N4O2S/c1-3-31-18-10-8-9-17(15-18)24-26-27-25(28(24)2)32-16-23(30)29-21-13-6-4-11-19(21)20-12-5-7-14-22(20)29/h4,6,8-11,13,15H,3,5,7,12,14,16H2,1-2H3. The summed E-state index contributed by atoms with van der Waals surface area (Å²) in [5.41, 5.74) is 4.50. The van der Waals surface area contributed by atoms with Gasteiger partial charge in [-0.15, -0.1) is 10.2 Å². The summed E-state index contributed by atoms with van der Waals surface area (Å²) >= 11 is 1.43. The maximum absolute atomic E-state index is 13.3. The molecule has 32 heavy (non-hydrogen) atoms. The summed E-state index contributed by atoms with van der Waals surface area (Å²) in [6.45, 7) is 2.58. The highest BCUT2D eigenvalue weighted by Gasteiger charge is 2.23. The third-order valence-electron chi connectivity index (χ3n) is 5.99. The summed E-state index contributed by atoms with van der Waals surface area (Å²) in [6, 6.07) is 16.1. The van der Waals surface area contributed by atoms with E-state index < -0.39 is 0 Å². The van der Waals surface area contributed by atoms with Gasteiger partial charge in [0.25, 0.3) is 0 Å². The molecule has 0 fully saturated rings. The van der Waals surface area contributed by atoms with E-state index in [2.05, 4.69) is 28.4 Å². The Balaban J connectivity index is 1.39. The number of rotatable bonds is 6. The third-order valence-corrected chi connectivity index (χ3v) is 7.00. The minimum atomic E-state index is 0.0947. The lowest BCUT2D eigenvalue weighted by Gasteiger charge is -2.15. The van der Waals surface area contributed by atoms with Crippen LogP contribution in [-0.2, 0) is 19.9 Å². The van der Waals surface area contributed by atoms with Crippen LogP contribution in [0.2, 0.25) is 0 Å². The number of hydrogen-bond acceptors (Lipinski definition) is 5. The van der Waals surface area contributed by atoms with Crippen LogP contribution >= 0.6 is 11.8 Å². The van der Waals surface area contributed by atoms with E-state index in [0.717, 1.165) is 47.1 Å². The Kier molecular flexibility index (Phi) is 5.74. The molecule has 4 aromatic rings. The van der Waals surface area contributed by atoms with Crippen molar-refractivity contribution >= 4 is 28.6 Å². The van der Waals surface area contributed by atoms with Gasteiger partial charge in [0.15, 0.2) is 11.0 Å². The molecule has 0 radical (unpaired) electrons. The van der Waals surface area contributed by atoms with Crippen LogP contribution in [-0.4, -0.2) is 37.6 Å². The Labute approximate surface area is 191 Å². The van der Waals surface area contributed by atoms with Gasteiger partial charge >= 0.3 is 0 Å². The topological polar surface area (TPSA) is 61.9 Å². The van der Waals surface area contributed by atoms with Crippen molar-refractivity contribution in [1.82, 2.24) is 19.3 Å². The SMILES string of the molecule is CCOc1cccc(-c2nnc(SCC(=O)n3c4c(c5ccccc53)CCCC4)n2C)c1. The number of fused-ring (bicyclic) bond motifs is 3. The number of carbonyl (C=O) groups excluding carboxylic acids is 1. The smallest absolute Gasteiger partial charge is 0.241 e. The van der Waals surface area contributed by atoms with E-state index in [1.54, 1.807) is 0 Å². The fourth-order valence-electron chi connectivity index (χ4n) is 4.55. The number of benzene rings is 2. The summed E-state index contributed by atoms with van der Waals surface area (Å²) in [5, 5.41) is 10.7. The lowest BCUT2D eigenvalue weighted by Crippen LogP contribution is -2.18. The van der Waals surface area contributed by atoms with Gasteiger partial charge in [0.05, 0.1) is 17.9 Å². The Morgan fingerprint density at radius 2 is 1.94 bits per heavy atom.